The van der Waals surface area contributed by atoms with Gasteiger partial charge in [-0.1, -0.05) is 19.8 Å². The molecule has 0 aliphatic carbocycles. The lowest BCUT2D eigenvalue weighted by molar-refractivity contribution is 0.517. The number of rotatable bonds is 6. The monoisotopic (exact) mass is 196 g/mol. The zero-order valence-corrected chi connectivity index (χ0v) is 9.01. The minimum Gasteiger partial charge on any atom is -0.127 e. The van der Waals surface area contributed by atoms with E-state index in [4.69, 9.17) is 23.2 Å². The van der Waals surface area contributed by atoms with Crippen LogP contribution in [0.15, 0.2) is 0 Å². The minimum absolute atomic E-state index is 0.0202. The van der Waals surface area contributed by atoms with E-state index in [0.29, 0.717) is 0 Å². The van der Waals surface area contributed by atoms with Gasteiger partial charge in [0, 0.05) is 10.8 Å². The fraction of sp³-hybridized carbons (Fsp3) is 1.00. The van der Waals surface area contributed by atoms with Gasteiger partial charge in [0.1, 0.15) is 0 Å². The average molecular weight is 197 g/mol. The lowest BCUT2D eigenvalue weighted by Crippen LogP contribution is -2.13. The van der Waals surface area contributed by atoms with E-state index in [1.165, 1.54) is 12.8 Å². The molecule has 0 radical (unpaired) electrons. The van der Waals surface area contributed by atoms with Crippen LogP contribution in [0, 0.1) is 0 Å². The molecular weight excluding hydrogens is 179 g/mol. The maximum atomic E-state index is 6.17. The fourth-order valence-corrected chi connectivity index (χ4v) is 1.26. The van der Waals surface area contributed by atoms with E-state index in [2.05, 4.69) is 13.8 Å². The van der Waals surface area contributed by atoms with Gasteiger partial charge >= 0.3 is 0 Å². The summed E-state index contributed by atoms with van der Waals surface area (Å²) in [4.78, 5) is 0.0202. The van der Waals surface area contributed by atoms with Crippen molar-refractivity contribution in [3.05, 3.63) is 0 Å². The molecule has 0 amide bonds. The SMILES string of the molecule is CCC(C)(Cl)CCCCCCl. The molecule has 0 aromatic carbocycles. The molecule has 0 fully saturated rings. The summed E-state index contributed by atoms with van der Waals surface area (Å²) < 4.78 is 0. The molecule has 0 rings (SSSR count). The van der Waals surface area contributed by atoms with Crippen molar-refractivity contribution in [1.82, 2.24) is 0 Å². The van der Waals surface area contributed by atoms with Gasteiger partial charge in [-0.15, -0.1) is 23.2 Å². The summed E-state index contributed by atoms with van der Waals surface area (Å²) in [6.07, 6.45) is 5.71. The summed E-state index contributed by atoms with van der Waals surface area (Å²) in [7, 11) is 0. The first-order valence-corrected chi connectivity index (χ1v) is 5.28. The quantitative estimate of drug-likeness (QED) is 0.442. The molecule has 0 saturated heterocycles. The average Bonchev–Trinajstić information content (AvgIpc) is 1.99. The highest BCUT2D eigenvalue weighted by Crippen LogP contribution is 2.25. The summed E-state index contributed by atoms with van der Waals surface area (Å²) in [6, 6.07) is 0. The summed E-state index contributed by atoms with van der Waals surface area (Å²) >= 11 is 11.7. The van der Waals surface area contributed by atoms with Crippen molar-refractivity contribution in [3.8, 4) is 0 Å². The standard InChI is InChI=1S/C9H18Cl2/c1-3-9(2,11)7-5-4-6-8-10/h3-8H2,1-2H3. The van der Waals surface area contributed by atoms with Gasteiger partial charge < -0.3 is 0 Å². The molecule has 0 bridgehead atoms. The first-order chi connectivity index (χ1) is 5.12. The second-order valence-corrected chi connectivity index (χ2v) is 4.56. The molecule has 0 aliphatic heterocycles. The summed E-state index contributed by atoms with van der Waals surface area (Å²) in [5, 5.41) is 0. The van der Waals surface area contributed by atoms with Crippen molar-refractivity contribution in [2.75, 3.05) is 5.88 Å². The van der Waals surface area contributed by atoms with E-state index in [-0.39, 0.29) is 4.87 Å². The molecule has 2 heteroatoms. The van der Waals surface area contributed by atoms with Crippen molar-refractivity contribution in [3.63, 3.8) is 0 Å². The molecule has 0 aromatic heterocycles. The Balaban J connectivity index is 3.23. The van der Waals surface area contributed by atoms with Crippen molar-refractivity contribution in [2.24, 2.45) is 0 Å². The zero-order valence-electron chi connectivity index (χ0n) is 7.50. The van der Waals surface area contributed by atoms with Crippen LogP contribution >= 0.6 is 23.2 Å². The molecule has 0 heterocycles. The maximum Gasteiger partial charge on any atom is 0.0416 e. The van der Waals surface area contributed by atoms with Crippen LogP contribution in [0.2, 0.25) is 0 Å². The lowest BCUT2D eigenvalue weighted by atomic mass is 10.00. The van der Waals surface area contributed by atoms with E-state index < -0.39 is 0 Å². The van der Waals surface area contributed by atoms with Gasteiger partial charge in [-0.2, -0.15) is 0 Å². The fourth-order valence-electron chi connectivity index (χ4n) is 0.942. The Labute approximate surface area is 80.3 Å². The number of unbranched alkanes of at least 4 members (excludes halogenated alkanes) is 2. The molecule has 0 spiro atoms. The Morgan fingerprint density at radius 1 is 1.18 bits per heavy atom. The van der Waals surface area contributed by atoms with Crippen LogP contribution in [-0.2, 0) is 0 Å². The Kier molecular flexibility index (Phi) is 6.46. The van der Waals surface area contributed by atoms with Crippen LogP contribution in [0.1, 0.15) is 46.0 Å². The molecular formula is C9H18Cl2. The van der Waals surface area contributed by atoms with Crippen molar-refractivity contribution in [2.45, 2.75) is 50.8 Å². The third-order valence-electron chi connectivity index (χ3n) is 2.07. The summed E-state index contributed by atoms with van der Waals surface area (Å²) in [6.45, 7) is 4.24. The first-order valence-electron chi connectivity index (χ1n) is 4.37. The molecule has 0 aliphatic rings. The van der Waals surface area contributed by atoms with Crippen molar-refractivity contribution < 1.29 is 0 Å². The highest BCUT2D eigenvalue weighted by atomic mass is 35.5. The molecule has 1 unspecified atom stereocenters. The predicted molar refractivity (Wildman–Crippen MR) is 53.7 cm³/mol. The molecule has 0 aromatic rings. The third kappa shape index (κ3) is 6.96. The minimum atomic E-state index is 0.0202. The smallest absolute Gasteiger partial charge is 0.0416 e. The third-order valence-corrected chi connectivity index (χ3v) is 2.79. The highest BCUT2D eigenvalue weighted by Gasteiger charge is 2.16. The van der Waals surface area contributed by atoms with Gasteiger partial charge in [-0.3, -0.25) is 0 Å². The lowest BCUT2D eigenvalue weighted by Gasteiger charge is -2.18. The molecule has 68 valence electrons. The second-order valence-electron chi connectivity index (χ2n) is 3.27. The van der Waals surface area contributed by atoms with Gasteiger partial charge in [-0.25, -0.2) is 0 Å². The van der Waals surface area contributed by atoms with Crippen LogP contribution in [0.4, 0.5) is 0 Å². The van der Waals surface area contributed by atoms with Gasteiger partial charge in [0.2, 0.25) is 0 Å². The normalized spacial score (nSPS) is 16.4. The number of hydrogen-bond donors (Lipinski definition) is 0. The Morgan fingerprint density at radius 3 is 2.27 bits per heavy atom. The van der Waals surface area contributed by atoms with Crippen LogP contribution in [-0.4, -0.2) is 10.8 Å². The van der Waals surface area contributed by atoms with Crippen molar-refractivity contribution in [1.29, 1.82) is 0 Å². The number of alkyl halides is 2. The van der Waals surface area contributed by atoms with E-state index in [1.807, 2.05) is 0 Å². The largest absolute Gasteiger partial charge is 0.127 e. The highest BCUT2D eigenvalue weighted by molar-refractivity contribution is 6.23. The molecule has 11 heavy (non-hydrogen) atoms. The maximum absolute atomic E-state index is 6.17. The zero-order chi connectivity index (χ0) is 8.74. The van der Waals surface area contributed by atoms with Gasteiger partial charge in [-0.05, 0) is 26.2 Å². The predicted octanol–water partition coefficient (Wildman–Crippen LogP) is 4.19. The second kappa shape index (κ2) is 6.14. The molecule has 0 nitrogen and oxygen atoms in total. The summed E-state index contributed by atoms with van der Waals surface area (Å²) in [5.41, 5.74) is 0. The molecule has 1 atom stereocenters. The Hall–Kier alpha value is 0.580. The Morgan fingerprint density at radius 2 is 1.82 bits per heavy atom. The van der Waals surface area contributed by atoms with Crippen molar-refractivity contribution >= 4 is 23.2 Å². The topological polar surface area (TPSA) is 0 Å². The van der Waals surface area contributed by atoms with Crippen LogP contribution in [0.25, 0.3) is 0 Å². The van der Waals surface area contributed by atoms with Crippen LogP contribution in [0.5, 0.6) is 0 Å². The van der Waals surface area contributed by atoms with Crippen LogP contribution < -0.4 is 0 Å². The van der Waals surface area contributed by atoms with E-state index in [1.54, 1.807) is 0 Å². The Bertz CT molecular complexity index is 89.6. The molecule has 0 saturated carbocycles. The molecule has 0 N–H and O–H groups in total. The number of halogens is 2. The van der Waals surface area contributed by atoms with E-state index >= 15 is 0 Å². The van der Waals surface area contributed by atoms with Crippen LogP contribution in [0.3, 0.4) is 0 Å². The first kappa shape index (κ1) is 11.6. The van der Waals surface area contributed by atoms with E-state index in [0.717, 1.165) is 25.1 Å². The van der Waals surface area contributed by atoms with Gasteiger partial charge in [0.25, 0.3) is 0 Å². The summed E-state index contributed by atoms with van der Waals surface area (Å²) in [5.74, 6) is 0.783. The number of hydrogen-bond acceptors (Lipinski definition) is 0. The van der Waals surface area contributed by atoms with Gasteiger partial charge in [0.15, 0.2) is 0 Å². The van der Waals surface area contributed by atoms with E-state index in [9.17, 15) is 0 Å². The van der Waals surface area contributed by atoms with Gasteiger partial charge in [0.05, 0.1) is 0 Å².